The van der Waals surface area contributed by atoms with Crippen LogP contribution in [0.5, 0.6) is 0 Å². The van der Waals surface area contributed by atoms with E-state index < -0.39 is 10.8 Å². The Bertz CT molecular complexity index is 1760. The summed E-state index contributed by atoms with van der Waals surface area (Å²) in [6.45, 7) is 13.0. The Morgan fingerprint density at radius 2 is 1.52 bits per heavy atom. The fraction of sp³-hybridized carbons (Fsp3) is 0.0909. The Morgan fingerprint density at radius 1 is 0.900 bits per heavy atom. The Kier molecular flexibility index (Phi) is 14.1. The number of nitrogens with two attached hydrogens (primary N) is 1. The SMILES string of the molecule is C=C=C=C=C=C.C=C=C=C=C=C=C.Nc1c(S(=O)CCCO)sc2nc(-c3cccs3)cc(-c3ccccc3)c12. The second kappa shape index (κ2) is 17.9. The molecule has 4 nitrogen and oxygen atoms in total. The van der Waals surface area contributed by atoms with E-state index in [1.807, 2.05) is 47.8 Å². The first kappa shape index (κ1) is 31.7. The number of anilines is 1. The van der Waals surface area contributed by atoms with Crippen molar-refractivity contribution in [2.75, 3.05) is 18.1 Å². The van der Waals surface area contributed by atoms with E-state index in [0.29, 0.717) is 22.1 Å². The zero-order chi connectivity index (χ0) is 29.2. The average Bonchev–Trinajstić information content (AvgIpc) is 3.64. The number of rotatable bonds is 6. The molecule has 0 radical (unpaired) electrons. The quantitative estimate of drug-likeness (QED) is 0.229. The Balaban J connectivity index is 0.000000360. The van der Waals surface area contributed by atoms with E-state index in [4.69, 9.17) is 15.8 Å². The molecule has 4 aromatic rings. The molecule has 0 amide bonds. The van der Waals surface area contributed by atoms with Crippen molar-refractivity contribution < 1.29 is 9.32 Å². The number of thiophene rings is 2. The highest BCUT2D eigenvalue weighted by Gasteiger charge is 2.20. The fourth-order valence-corrected chi connectivity index (χ4v) is 6.48. The van der Waals surface area contributed by atoms with E-state index in [-0.39, 0.29) is 6.61 Å². The lowest BCUT2D eigenvalue weighted by molar-refractivity contribution is 0.296. The van der Waals surface area contributed by atoms with Crippen LogP contribution in [0.4, 0.5) is 5.69 Å². The average molecular weight is 579 g/mol. The van der Waals surface area contributed by atoms with Crippen molar-refractivity contribution in [2.45, 2.75) is 10.6 Å². The Labute approximate surface area is 245 Å². The van der Waals surface area contributed by atoms with Crippen molar-refractivity contribution in [1.29, 1.82) is 0 Å². The molecule has 3 N–H and O–H groups in total. The van der Waals surface area contributed by atoms with Gasteiger partial charge in [0.05, 0.1) is 27.1 Å². The predicted octanol–water partition coefficient (Wildman–Crippen LogP) is 7.76. The first-order chi connectivity index (χ1) is 19.5. The van der Waals surface area contributed by atoms with E-state index in [9.17, 15) is 4.21 Å². The summed E-state index contributed by atoms with van der Waals surface area (Å²) in [6.07, 6.45) is 0.486. The molecular weight excluding hydrogens is 553 g/mol. The summed E-state index contributed by atoms with van der Waals surface area (Å²) < 4.78 is 13.3. The van der Waals surface area contributed by atoms with Gasteiger partial charge in [0.2, 0.25) is 0 Å². The number of nitrogen functional groups attached to an aromatic ring is 1. The molecule has 3 aromatic heterocycles. The first-order valence-electron chi connectivity index (χ1n) is 11.7. The number of hydrogen-bond acceptors (Lipinski definition) is 6. The predicted molar refractivity (Wildman–Crippen MR) is 170 cm³/mol. The topological polar surface area (TPSA) is 76.2 Å². The van der Waals surface area contributed by atoms with Crippen LogP contribution in [0.25, 0.3) is 31.9 Å². The maximum atomic E-state index is 12.7. The van der Waals surface area contributed by atoms with Gasteiger partial charge in [-0.2, -0.15) is 0 Å². The number of pyridine rings is 1. The van der Waals surface area contributed by atoms with Gasteiger partial charge in [-0.1, -0.05) is 59.3 Å². The maximum absolute atomic E-state index is 12.7. The third-order valence-electron chi connectivity index (χ3n) is 4.76. The molecule has 0 aliphatic rings. The van der Waals surface area contributed by atoms with Crippen LogP contribution in [0.1, 0.15) is 6.42 Å². The van der Waals surface area contributed by atoms with E-state index >= 15 is 0 Å². The number of aromatic nitrogens is 1. The second-order valence-corrected chi connectivity index (χ2v) is 11.1. The van der Waals surface area contributed by atoms with Gasteiger partial charge in [-0.3, -0.25) is 4.21 Å². The molecule has 0 bridgehead atoms. The van der Waals surface area contributed by atoms with Gasteiger partial charge in [0.15, 0.2) is 0 Å². The van der Waals surface area contributed by atoms with Crippen LogP contribution < -0.4 is 5.73 Å². The molecule has 3 heterocycles. The molecule has 1 unspecified atom stereocenters. The molecule has 0 fully saturated rings. The van der Waals surface area contributed by atoms with E-state index in [1.54, 1.807) is 11.3 Å². The van der Waals surface area contributed by atoms with Gasteiger partial charge in [0, 0.05) is 17.7 Å². The van der Waals surface area contributed by atoms with Crippen LogP contribution in [-0.4, -0.2) is 26.7 Å². The van der Waals surface area contributed by atoms with Crippen LogP contribution in [0.2, 0.25) is 0 Å². The van der Waals surface area contributed by atoms with Gasteiger partial charge in [-0.25, -0.2) is 4.98 Å². The highest BCUT2D eigenvalue weighted by Crippen LogP contribution is 2.43. The minimum absolute atomic E-state index is 0.0204. The molecule has 4 rings (SSSR count). The molecule has 0 aliphatic carbocycles. The van der Waals surface area contributed by atoms with E-state index in [2.05, 4.69) is 84.0 Å². The lowest BCUT2D eigenvalue weighted by Gasteiger charge is -2.08. The molecule has 0 saturated heterocycles. The van der Waals surface area contributed by atoms with Crippen molar-refractivity contribution in [2.24, 2.45) is 0 Å². The number of benzene rings is 1. The van der Waals surface area contributed by atoms with Crippen molar-refractivity contribution >= 4 is 49.4 Å². The minimum Gasteiger partial charge on any atom is -0.396 e. The standard InChI is InChI=1S/C20H18N2O2S3.C7H4.C6H4/c21-18-17-14(13-6-2-1-3-7-13)12-15(16-8-4-10-25-16)22-19(17)26-20(18)27(24)11-5-9-23;1-3-5-7-6-4-2;1-3-5-6-4-2/h1-4,6-8,10,12,23H,5,9,11,21H2;1-2H2;1-2H2. The second-order valence-electron chi connectivity index (χ2n) is 7.34. The molecule has 0 spiro atoms. The minimum atomic E-state index is -1.24. The summed E-state index contributed by atoms with van der Waals surface area (Å²) >= 11 is 3.03. The van der Waals surface area contributed by atoms with Crippen LogP contribution in [-0.2, 0) is 10.8 Å². The Hall–Kier alpha value is -4.56. The van der Waals surface area contributed by atoms with Gasteiger partial charge in [-0.05, 0) is 90.0 Å². The van der Waals surface area contributed by atoms with Gasteiger partial charge in [-0.15, -0.1) is 22.7 Å². The fourth-order valence-electron chi connectivity index (χ4n) is 3.16. The van der Waals surface area contributed by atoms with Crippen LogP contribution in [0.15, 0.2) is 136 Å². The van der Waals surface area contributed by atoms with Crippen molar-refractivity contribution in [1.82, 2.24) is 4.98 Å². The smallest absolute Gasteiger partial charge is 0.127 e. The molecule has 1 aromatic carbocycles. The van der Waals surface area contributed by atoms with E-state index in [1.165, 1.54) is 11.3 Å². The van der Waals surface area contributed by atoms with Crippen LogP contribution in [0, 0.1) is 0 Å². The first-order valence-corrected chi connectivity index (χ1v) is 14.7. The summed E-state index contributed by atoms with van der Waals surface area (Å²) in [5.74, 6) is 0.395. The number of hydrogen-bond donors (Lipinski definition) is 2. The largest absolute Gasteiger partial charge is 0.396 e. The third kappa shape index (κ3) is 9.32. The highest BCUT2D eigenvalue weighted by molar-refractivity contribution is 7.87. The monoisotopic (exact) mass is 578 g/mol. The molecule has 1 atom stereocenters. The summed E-state index contributed by atoms with van der Waals surface area (Å²) in [6, 6.07) is 16.2. The van der Waals surface area contributed by atoms with Gasteiger partial charge < -0.3 is 10.8 Å². The summed E-state index contributed by atoms with van der Waals surface area (Å²) in [5, 5.41) is 11.9. The summed E-state index contributed by atoms with van der Waals surface area (Å²) in [5.41, 5.74) is 31.5. The van der Waals surface area contributed by atoms with Crippen molar-refractivity contribution in [3.05, 3.63) is 132 Å². The van der Waals surface area contributed by atoms with Crippen molar-refractivity contribution in [3.63, 3.8) is 0 Å². The van der Waals surface area contributed by atoms with Gasteiger partial charge >= 0.3 is 0 Å². The molecule has 198 valence electrons. The normalized spacial score (nSPS) is 9.53. The molecule has 0 aliphatic heterocycles. The third-order valence-corrected chi connectivity index (χ3v) is 8.65. The highest BCUT2D eigenvalue weighted by atomic mass is 32.2. The molecule has 7 heteroatoms. The number of aliphatic hydroxyl groups excluding tert-OH is 1. The maximum Gasteiger partial charge on any atom is 0.127 e. The number of aliphatic hydroxyl groups is 1. The summed E-state index contributed by atoms with van der Waals surface area (Å²) in [7, 11) is -1.24. The van der Waals surface area contributed by atoms with Crippen LogP contribution >= 0.6 is 22.7 Å². The lowest BCUT2D eigenvalue weighted by Crippen LogP contribution is -2.01. The van der Waals surface area contributed by atoms with Crippen molar-refractivity contribution in [3.8, 4) is 21.7 Å². The Morgan fingerprint density at radius 3 is 2.08 bits per heavy atom. The molecule has 0 saturated carbocycles. The van der Waals surface area contributed by atoms with Crippen LogP contribution in [0.3, 0.4) is 0 Å². The number of fused-ring (bicyclic) bond motifs is 1. The zero-order valence-electron chi connectivity index (χ0n) is 21.8. The summed E-state index contributed by atoms with van der Waals surface area (Å²) in [4.78, 5) is 6.70. The van der Waals surface area contributed by atoms with Gasteiger partial charge in [0.25, 0.3) is 0 Å². The molecular formula is C33H26N2O2S3. The lowest BCUT2D eigenvalue weighted by atomic mass is 10.0. The number of nitrogens with zero attached hydrogens (tertiary/aromatic N) is 1. The van der Waals surface area contributed by atoms with Gasteiger partial charge in [0.1, 0.15) is 9.04 Å². The van der Waals surface area contributed by atoms with E-state index in [0.717, 1.165) is 31.9 Å². The zero-order valence-corrected chi connectivity index (χ0v) is 24.2. The molecule has 40 heavy (non-hydrogen) atoms.